The first-order valence-corrected chi connectivity index (χ1v) is 5.81. The molecule has 0 aliphatic rings. The largest absolute Gasteiger partial charge is 0.381 e. The van der Waals surface area contributed by atoms with Crippen LogP contribution in [-0.4, -0.2) is 28.0 Å². The summed E-state index contributed by atoms with van der Waals surface area (Å²) in [6, 6.07) is 0.345. The minimum atomic E-state index is 0.345. The predicted octanol–water partition coefficient (Wildman–Crippen LogP) is 2.49. The van der Waals surface area contributed by atoms with Gasteiger partial charge in [-0.25, -0.2) is 0 Å². The van der Waals surface area contributed by atoms with Crippen molar-refractivity contribution in [1.82, 2.24) is 14.8 Å². The van der Waals surface area contributed by atoms with Gasteiger partial charge in [-0.05, 0) is 32.5 Å². The van der Waals surface area contributed by atoms with Crippen LogP contribution in [-0.2, 0) is 11.2 Å². The van der Waals surface area contributed by atoms with E-state index >= 15 is 0 Å². The van der Waals surface area contributed by atoms with Crippen LogP contribution in [0.5, 0.6) is 0 Å². The monoisotopic (exact) mass is 229 g/mol. The molecular formula is C10H19N3OS. The van der Waals surface area contributed by atoms with Crippen LogP contribution >= 0.6 is 12.2 Å². The van der Waals surface area contributed by atoms with Crippen LogP contribution in [0.1, 0.15) is 39.1 Å². The fourth-order valence-electron chi connectivity index (χ4n) is 1.46. The van der Waals surface area contributed by atoms with Crippen LogP contribution in [0.4, 0.5) is 0 Å². The summed E-state index contributed by atoms with van der Waals surface area (Å²) in [4.78, 5) is 0. The van der Waals surface area contributed by atoms with E-state index in [2.05, 4.69) is 31.0 Å². The molecule has 0 fully saturated rings. The topological polar surface area (TPSA) is 42.8 Å². The van der Waals surface area contributed by atoms with Gasteiger partial charge in [0.25, 0.3) is 0 Å². The fraction of sp³-hybridized carbons (Fsp3) is 0.800. The zero-order valence-electron chi connectivity index (χ0n) is 9.62. The first-order valence-electron chi connectivity index (χ1n) is 5.40. The average Bonchev–Trinajstić information content (AvgIpc) is 2.54. The lowest BCUT2D eigenvalue weighted by atomic mass is 10.3. The van der Waals surface area contributed by atoms with Gasteiger partial charge in [-0.1, -0.05) is 6.92 Å². The van der Waals surface area contributed by atoms with Gasteiger partial charge in [0.1, 0.15) is 5.82 Å². The molecule has 1 rings (SSSR count). The van der Waals surface area contributed by atoms with Gasteiger partial charge < -0.3 is 9.30 Å². The van der Waals surface area contributed by atoms with Crippen molar-refractivity contribution in [1.29, 1.82) is 0 Å². The van der Waals surface area contributed by atoms with E-state index in [1.54, 1.807) is 0 Å². The Bertz CT molecular complexity index is 343. The number of nitrogens with one attached hydrogen (secondary N) is 1. The molecule has 0 aromatic carbocycles. The van der Waals surface area contributed by atoms with Gasteiger partial charge in [-0.15, -0.1) is 0 Å². The van der Waals surface area contributed by atoms with Crippen molar-refractivity contribution in [2.45, 2.75) is 39.7 Å². The van der Waals surface area contributed by atoms with E-state index in [4.69, 9.17) is 17.0 Å². The Balaban J connectivity index is 2.57. The third-order valence-corrected chi connectivity index (χ3v) is 2.40. The molecule has 1 N–H and O–H groups in total. The molecule has 86 valence electrons. The van der Waals surface area contributed by atoms with E-state index in [9.17, 15) is 0 Å². The summed E-state index contributed by atoms with van der Waals surface area (Å²) in [6.45, 7) is 7.82. The number of aromatic amines is 1. The maximum Gasteiger partial charge on any atom is 0.195 e. The molecule has 4 nitrogen and oxygen atoms in total. The van der Waals surface area contributed by atoms with Gasteiger partial charge >= 0.3 is 0 Å². The van der Waals surface area contributed by atoms with Crippen molar-refractivity contribution >= 4 is 12.2 Å². The molecule has 1 aromatic rings. The van der Waals surface area contributed by atoms with Gasteiger partial charge in [-0.2, -0.15) is 5.10 Å². The summed E-state index contributed by atoms with van der Waals surface area (Å²) in [5.74, 6) is 0.978. The second kappa shape index (κ2) is 6.02. The normalized spacial score (nSPS) is 11.2. The smallest absolute Gasteiger partial charge is 0.195 e. The Morgan fingerprint density at radius 2 is 2.20 bits per heavy atom. The third kappa shape index (κ3) is 3.43. The molecule has 15 heavy (non-hydrogen) atoms. The summed E-state index contributed by atoms with van der Waals surface area (Å²) in [5.41, 5.74) is 0. The minimum absolute atomic E-state index is 0.345. The lowest BCUT2D eigenvalue weighted by Gasteiger charge is -2.10. The molecule has 0 saturated heterocycles. The second-order valence-corrected chi connectivity index (χ2v) is 4.16. The molecule has 0 saturated carbocycles. The number of aromatic nitrogens is 3. The quantitative estimate of drug-likeness (QED) is 0.602. The van der Waals surface area contributed by atoms with E-state index in [0.29, 0.717) is 17.4 Å². The molecule has 5 heteroatoms. The lowest BCUT2D eigenvalue weighted by Crippen LogP contribution is -2.09. The number of nitrogens with zero attached hydrogens (tertiary/aromatic N) is 2. The van der Waals surface area contributed by atoms with E-state index < -0.39 is 0 Å². The maximum absolute atomic E-state index is 5.43. The predicted molar refractivity (Wildman–Crippen MR) is 62.6 cm³/mol. The summed E-state index contributed by atoms with van der Waals surface area (Å²) in [7, 11) is 0. The summed E-state index contributed by atoms with van der Waals surface area (Å²) >= 11 is 5.15. The van der Waals surface area contributed by atoms with Gasteiger partial charge in [-0.3, -0.25) is 5.10 Å². The minimum Gasteiger partial charge on any atom is -0.381 e. The van der Waals surface area contributed by atoms with Gasteiger partial charge in [0.05, 0.1) is 6.61 Å². The Morgan fingerprint density at radius 3 is 2.80 bits per heavy atom. The van der Waals surface area contributed by atoms with Crippen LogP contribution < -0.4 is 0 Å². The fourth-order valence-corrected chi connectivity index (χ4v) is 1.82. The Kier molecular flexibility index (Phi) is 4.98. The SMILES string of the molecule is CCCOCCc1n[nH]c(=S)n1C(C)C. The zero-order chi connectivity index (χ0) is 11.3. The van der Waals surface area contributed by atoms with Gasteiger partial charge in [0.2, 0.25) is 0 Å². The summed E-state index contributed by atoms with van der Waals surface area (Å²) < 4.78 is 8.15. The third-order valence-electron chi connectivity index (χ3n) is 2.11. The highest BCUT2D eigenvalue weighted by Crippen LogP contribution is 2.08. The van der Waals surface area contributed by atoms with E-state index in [-0.39, 0.29) is 0 Å². The Labute approximate surface area is 95.7 Å². The number of hydrogen-bond acceptors (Lipinski definition) is 3. The number of ether oxygens (including phenoxy) is 1. The zero-order valence-corrected chi connectivity index (χ0v) is 10.4. The number of H-pyrrole nitrogens is 1. The maximum atomic E-state index is 5.43. The number of rotatable bonds is 6. The molecule has 0 aliphatic heterocycles. The molecular weight excluding hydrogens is 210 g/mol. The molecule has 0 aliphatic carbocycles. The van der Waals surface area contributed by atoms with Crippen molar-refractivity contribution < 1.29 is 4.74 Å². The van der Waals surface area contributed by atoms with Crippen LogP contribution in [0.25, 0.3) is 0 Å². The summed E-state index contributed by atoms with van der Waals surface area (Å²) in [5, 5.41) is 7.02. The average molecular weight is 229 g/mol. The Hall–Kier alpha value is -0.680. The van der Waals surface area contributed by atoms with Crippen molar-refractivity contribution in [3.05, 3.63) is 10.6 Å². The standard InChI is InChI=1S/C10H19N3OS/c1-4-6-14-7-5-9-11-12-10(15)13(9)8(2)3/h8H,4-7H2,1-3H3,(H,12,15). The van der Waals surface area contributed by atoms with E-state index in [1.807, 2.05) is 4.57 Å². The van der Waals surface area contributed by atoms with Crippen molar-refractivity contribution in [3.8, 4) is 0 Å². The first kappa shape index (κ1) is 12.4. The molecule has 0 unspecified atom stereocenters. The van der Waals surface area contributed by atoms with Gasteiger partial charge in [0, 0.05) is 19.1 Å². The van der Waals surface area contributed by atoms with Crippen LogP contribution in [0.2, 0.25) is 0 Å². The summed E-state index contributed by atoms with van der Waals surface area (Å²) in [6.07, 6.45) is 1.86. The van der Waals surface area contributed by atoms with Crippen molar-refractivity contribution in [2.24, 2.45) is 0 Å². The van der Waals surface area contributed by atoms with Crippen LogP contribution in [0.3, 0.4) is 0 Å². The first-order chi connectivity index (χ1) is 7.16. The highest BCUT2D eigenvalue weighted by Gasteiger charge is 2.08. The van der Waals surface area contributed by atoms with Crippen LogP contribution in [0.15, 0.2) is 0 Å². The molecule has 0 amide bonds. The van der Waals surface area contributed by atoms with E-state index in [0.717, 1.165) is 25.3 Å². The highest BCUT2D eigenvalue weighted by atomic mass is 32.1. The molecule has 0 bridgehead atoms. The number of hydrogen-bond donors (Lipinski definition) is 1. The van der Waals surface area contributed by atoms with Crippen molar-refractivity contribution in [3.63, 3.8) is 0 Å². The van der Waals surface area contributed by atoms with Crippen molar-refractivity contribution in [2.75, 3.05) is 13.2 Å². The molecule has 0 radical (unpaired) electrons. The lowest BCUT2D eigenvalue weighted by molar-refractivity contribution is 0.136. The molecule has 1 heterocycles. The van der Waals surface area contributed by atoms with E-state index in [1.165, 1.54) is 0 Å². The molecule has 1 aromatic heterocycles. The highest BCUT2D eigenvalue weighted by molar-refractivity contribution is 7.71. The van der Waals surface area contributed by atoms with Crippen LogP contribution in [0, 0.1) is 4.77 Å². The Morgan fingerprint density at radius 1 is 1.47 bits per heavy atom. The molecule has 0 atom stereocenters. The molecule has 0 spiro atoms. The van der Waals surface area contributed by atoms with Gasteiger partial charge in [0.15, 0.2) is 4.77 Å². The second-order valence-electron chi connectivity index (χ2n) is 3.77.